The van der Waals surface area contributed by atoms with E-state index >= 15 is 0 Å². The van der Waals surface area contributed by atoms with Crippen LogP contribution in [0, 0.1) is 6.92 Å². The quantitative estimate of drug-likeness (QED) is 0.448. The van der Waals surface area contributed by atoms with Gasteiger partial charge in [0.2, 0.25) is 0 Å². The van der Waals surface area contributed by atoms with Crippen molar-refractivity contribution in [3.63, 3.8) is 0 Å². The van der Waals surface area contributed by atoms with Crippen LogP contribution in [0.3, 0.4) is 0 Å². The number of nitrogens with one attached hydrogen (secondary N) is 2. The van der Waals surface area contributed by atoms with Gasteiger partial charge in [-0.3, -0.25) is 9.88 Å². The van der Waals surface area contributed by atoms with E-state index in [-0.39, 0.29) is 0 Å². The minimum atomic E-state index is -0.411. The van der Waals surface area contributed by atoms with Crippen molar-refractivity contribution in [2.24, 2.45) is 0 Å². The molecular formula is C27H31N3O3. The second kappa shape index (κ2) is 7.89. The monoisotopic (exact) mass is 445 g/mol. The van der Waals surface area contributed by atoms with Crippen molar-refractivity contribution in [1.29, 1.82) is 0 Å². The second-order valence-corrected chi connectivity index (χ2v) is 10.1. The van der Waals surface area contributed by atoms with E-state index in [0.717, 1.165) is 48.6 Å². The number of ether oxygens (including phenoxy) is 1. The minimum Gasteiger partial charge on any atom is -0.408 e. The molecule has 2 fully saturated rings. The van der Waals surface area contributed by atoms with E-state index in [0.29, 0.717) is 23.5 Å². The lowest BCUT2D eigenvalue weighted by molar-refractivity contribution is -0.0712. The van der Waals surface area contributed by atoms with Crippen molar-refractivity contribution in [2.45, 2.75) is 51.5 Å². The minimum absolute atomic E-state index is 0.365. The summed E-state index contributed by atoms with van der Waals surface area (Å²) in [5.74, 6) is 0.565. The number of piperidine rings is 1. The SMILES string of the molecule is Cc1cc(-c2[nH]c3ccc(C4CCN(C5COC5)CC4)cc3c2C(C)C)cc2[nH]c(=O)oc12. The molecule has 0 saturated carbocycles. The number of oxazole rings is 1. The molecule has 2 aromatic heterocycles. The van der Waals surface area contributed by atoms with Crippen LogP contribution in [-0.2, 0) is 4.74 Å². The third-order valence-electron chi connectivity index (χ3n) is 7.57. The van der Waals surface area contributed by atoms with Gasteiger partial charge in [0.15, 0.2) is 5.58 Å². The maximum atomic E-state index is 11.7. The van der Waals surface area contributed by atoms with E-state index in [2.05, 4.69) is 53.0 Å². The lowest BCUT2D eigenvalue weighted by Gasteiger charge is -2.41. The summed E-state index contributed by atoms with van der Waals surface area (Å²) in [4.78, 5) is 20.8. The number of rotatable bonds is 4. The molecule has 0 spiro atoms. The standard InChI is InChI=1S/C27H31N3O3/c1-15(2)24-21-11-18(17-6-8-30(9-7-17)20-13-32-14-20)4-5-22(21)28-25(24)19-10-16(3)26-23(12-19)29-27(31)33-26/h4-5,10-12,15,17,20,28H,6-9,13-14H2,1-3H3,(H,29,31). The highest BCUT2D eigenvalue weighted by Crippen LogP contribution is 2.39. The van der Waals surface area contributed by atoms with Gasteiger partial charge in [0.1, 0.15) is 0 Å². The first-order valence-electron chi connectivity index (χ1n) is 12.1. The second-order valence-electron chi connectivity index (χ2n) is 10.1. The molecule has 0 radical (unpaired) electrons. The van der Waals surface area contributed by atoms with Gasteiger partial charge in [-0.1, -0.05) is 19.9 Å². The average Bonchev–Trinajstić information content (AvgIpc) is 3.33. The van der Waals surface area contributed by atoms with Crippen molar-refractivity contribution < 1.29 is 9.15 Å². The fraction of sp³-hybridized carbons (Fsp3) is 0.444. The number of benzene rings is 2. The van der Waals surface area contributed by atoms with E-state index in [4.69, 9.17) is 9.15 Å². The van der Waals surface area contributed by atoms with Crippen LogP contribution in [0.2, 0.25) is 0 Å². The molecular weight excluding hydrogens is 414 g/mol. The number of hydrogen-bond donors (Lipinski definition) is 2. The van der Waals surface area contributed by atoms with E-state index in [1.165, 1.54) is 34.9 Å². The Morgan fingerprint density at radius 3 is 2.52 bits per heavy atom. The summed E-state index contributed by atoms with van der Waals surface area (Å²) in [5.41, 5.74) is 8.49. The maximum Gasteiger partial charge on any atom is 0.417 e. The lowest BCUT2D eigenvalue weighted by atomic mass is 9.87. The highest BCUT2D eigenvalue weighted by molar-refractivity contribution is 5.93. The zero-order valence-electron chi connectivity index (χ0n) is 19.5. The van der Waals surface area contributed by atoms with Crippen molar-refractivity contribution in [1.82, 2.24) is 14.9 Å². The summed E-state index contributed by atoms with van der Waals surface area (Å²) in [5, 5.41) is 1.31. The van der Waals surface area contributed by atoms with Crippen LogP contribution in [0.15, 0.2) is 39.5 Å². The molecule has 2 N–H and O–H groups in total. The Morgan fingerprint density at radius 1 is 1.03 bits per heavy atom. The zero-order valence-corrected chi connectivity index (χ0v) is 19.5. The van der Waals surface area contributed by atoms with Crippen molar-refractivity contribution in [2.75, 3.05) is 26.3 Å². The van der Waals surface area contributed by atoms with Gasteiger partial charge in [-0.05, 0) is 85.6 Å². The van der Waals surface area contributed by atoms with Crippen LogP contribution in [0.5, 0.6) is 0 Å². The number of likely N-dealkylation sites (tertiary alicyclic amines) is 1. The molecule has 6 nitrogen and oxygen atoms in total. The largest absolute Gasteiger partial charge is 0.417 e. The third kappa shape index (κ3) is 3.52. The van der Waals surface area contributed by atoms with Gasteiger partial charge in [0, 0.05) is 16.5 Å². The van der Waals surface area contributed by atoms with Crippen LogP contribution in [0.1, 0.15) is 55.2 Å². The number of aromatic nitrogens is 2. The Morgan fingerprint density at radius 2 is 1.82 bits per heavy atom. The highest BCUT2D eigenvalue weighted by atomic mass is 16.5. The number of H-pyrrole nitrogens is 2. The van der Waals surface area contributed by atoms with Gasteiger partial charge >= 0.3 is 5.76 Å². The predicted molar refractivity (Wildman–Crippen MR) is 131 cm³/mol. The van der Waals surface area contributed by atoms with Gasteiger partial charge < -0.3 is 14.1 Å². The van der Waals surface area contributed by atoms with Gasteiger partial charge in [-0.15, -0.1) is 0 Å². The van der Waals surface area contributed by atoms with Crippen molar-refractivity contribution >= 4 is 22.0 Å². The Bertz CT molecular complexity index is 1380. The molecule has 2 aliphatic heterocycles. The highest BCUT2D eigenvalue weighted by Gasteiger charge is 2.30. The molecule has 6 rings (SSSR count). The lowest BCUT2D eigenvalue weighted by Crippen LogP contribution is -2.51. The fourth-order valence-corrected chi connectivity index (χ4v) is 5.72. The van der Waals surface area contributed by atoms with E-state index in [1.54, 1.807) is 0 Å². The van der Waals surface area contributed by atoms with E-state index in [9.17, 15) is 4.79 Å². The average molecular weight is 446 g/mol. The maximum absolute atomic E-state index is 11.7. The molecule has 4 aromatic rings. The molecule has 0 atom stereocenters. The normalized spacial score (nSPS) is 18.5. The van der Waals surface area contributed by atoms with Crippen LogP contribution in [-0.4, -0.2) is 47.2 Å². The summed E-state index contributed by atoms with van der Waals surface area (Å²) in [6.45, 7) is 10.6. The Labute approximate surface area is 192 Å². The first kappa shape index (κ1) is 20.8. The molecule has 0 amide bonds. The molecule has 0 unspecified atom stereocenters. The molecule has 6 heteroatoms. The molecule has 4 heterocycles. The Balaban J connectivity index is 1.38. The topological polar surface area (TPSA) is 74.3 Å². The number of hydrogen-bond acceptors (Lipinski definition) is 4. The summed E-state index contributed by atoms with van der Waals surface area (Å²) in [6, 6.07) is 11.7. The first-order chi connectivity index (χ1) is 16.0. The summed E-state index contributed by atoms with van der Waals surface area (Å²) in [7, 11) is 0. The molecule has 0 aliphatic carbocycles. The van der Waals surface area contributed by atoms with Crippen molar-refractivity contribution in [3.05, 3.63) is 57.6 Å². The Kier molecular flexibility index (Phi) is 4.96. The number of aryl methyl sites for hydroxylation is 1. The van der Waals surface area contributed by atoms with Crippen LogP contribution in [0.25, 0.3) is 33.3 Å². The van der Waals surface area contributed by atoms with Gasteiger partial charge in [-0.25, -0.2) is 4.79 Å². The van der Waals surface area contributed by atoms with Gasteiger partial charge in [0.05, 0.1) is 30.5 Å². The molecule has 2 aromatic carbocycles. The Hall–Kier alpha value is -2.83. The fourth-order valence-electron chi connectivity index (χ4n) is 5.72. The van der Waals surface area contributed by atoms with Crippen LogP contribution >= 0.6 is 0 Å². The molecule has 2 saturated heterocycles. The van der Waals surface area contributed by atoms with Crippen LogP contribution in [0.4, 0.5) is 0 Å². The smallest absolute Gasteiger partial charge is 0.408 e. The number of fused-ring (bicyclic) bond motifs is 2. The number of nitrogens with zero attached hydrogens (tertiary/aromatic N) is 1. The predicted octanol–water partition coefficient (Wildman–Crippen LogP) is 5.28. The van der Waals surface area contributed by atoms with Crippen molar-refractivity contribution in [3.8, 4) is 11.3 Å². The van der Waals surface area contributed by atoms with E-state index < -0.39 is 5.76 Å². The molecule has 172 valence electrons. The molecule has 2 aliphatic rings. The van der Waals surface area contributed by atoms with E-state index in [1.807, 2.05) is 13.0 Å². The first-order valence-corrected chi connectivity index (χ1v) is 12.1. The summed E-state index contributed by atoms with van der Waals surface area (Å²) < 4.78 is 10.7. The molecule has 33 heavy (non-hydrogen) atoms. The summed E-state index contributed by atoms with van der Waals surface area (Å²) in [6.07, 6.45) is 2.42. The third-order valence-corrected chi connectivity index (χ3v) is 7.57. The number of aromatic amines is 2. The summed E-state index contributed by atoms with van der Waals surface area (Å²) >= 11 is 0. The molecule has 0 bridgehead atoms. The zero-order chi connectivity index (χ0) is 22.7. The van der Waals surface area contributed by atoms with Gasteiger partial charge in [-0.2, -0.15) is 0 Å². The van der Waals surface area contributed by atoms with Gasteiger partial charge in [0.25, 0.3) is 0 Å². The van der Waals surface area contributed by atoms with Crippen LogP contribution < -0.4 is 5.76 Å².